The fraction of sp³-hybridized carbons (Fsp3) is 0.950. The Morgan fingerprint density at radius 1 is 1.20 bits per heavy atom. The van der Waals surface area contributed by atoms with Crippen molar-refractivity contribution in [2.24, 2.45) is 0 Å². The van der Waals surface area contributed by atoms with E-state index in [1.807, 2.05) is 34.6 Å². The first-order valence-corrected chi connectivity index (χ1v) is 13.0. The van der Waals surface area contributed by atoms with Crippen LogP contribution in [-0.4, -0.2) is 92.9 Å². The first-order chi connectivity index (χ1) is 14.0. The Bertz CT molecular complexity index is 703. The van der Waals surface area contributed by atoms with Crippen molar-refractivity contribution in [3.63, 3.8) is 0 Å². The maximum absolute atomic E-state index is 13.1. The smallest absolute Gasteiger partial charge is 0.254 e. The maximum atomic E-state index is 13.1. The molecule has 4 aliphatic heterocycles. The highest BCUT2D eigenvalue weighted by Gasteiger charge is 2.60. The van der Waals surface area contributed by atoms with Crippen molar-refractivity contribution >= 4 is 28.5 Å². The van der Waals surface area contributed by atoms with Crippen molar-refractivity contribution in [1.29, 1.82) is 0 Å². The third-order valence-electron chi connectivity index (χ3n) is 6.16. The molecule has 0 aromatic rings. The summed E-state index contributed by atoms with van der Waals surface area (Å²) >= 11 is 1.66. The molecule has 0 aromatic heterocycles. The van der Waals surface area contributed by atoms with Crippen LogP contribution in [-0.2, 0) is 39.3 Å². The van der Waals surface area contributed by atoms with Gasteiger partial charge in [-0.2, -0.15) is 0 Å². The van der Waals surface area contributed by atoms with Crippen LogP contribution in [0.15, 0.2) is 0 Å². The minimum Gasteiger partial charge on any atom is -0.369 e. The van der Waals surface area contributed by atoms with Crippen LogP contribution < -0.4 is 0 Å². The van der Waals surface area contributed by atoms with Gasteiger partial charge in [-0.05, 0) is 46.8 Å². The van der Waals surface area contributed by atoms with E-state index in [1.54, 1.807) is 23.8 Å². The van der Waals surface area contributed by atoms with E-state index >= 15 is 0 Å². The Labute approximate surface area is 185 Å². The minimum atomic E-state index is -1.07. The molecule has 1 amide bonds. The molecule has 0 aromatic carbocycles. The maximum Gasteiger partial charge on any atom is 0.254 e. The van der Waals surface area contributed by atoms with Crippen molar-refractivity contribution in [3.05, 3.63) is 0 Å². The van der Waals surface area contributed by atoms with E-state index in [2.05, 4.69) is 0 Å². The molecule has 10 heteroatoms. The summed E-state index contributed by atoms with van der Waals surface area (Å²) in [7, 11) is 0.476. The van der Waals surface area contributed by atoms with Crippen LogP contribution in [0.25, 0.3) is 0 Å². The highest BCUT2D eigenvalue weighted by Crippen LogP contribution is 2.44. The number of thioether (sulfide) groups is 1. The Morgan fingerprint density at radius 2 is 1.93 bits per heavy atom. The zero-order chi connectivity index (χ0) is 21.8. The zero-order valence-corrected chi connectivity index (χ0v) is 20.1. The number of hydrogen-bond donors (Lipinski definition) is 0. The highest BCUT2D eigenvalue weighted by molar-refractivity contribution is 8.11. The summed E-state index contributed by atoms with van der Waals surface area (Å²) in [5.41, 5.74) is 0. The number of hydrogen-bond acceptors (Lipinski definition) is 8. The van der Waals surface area contributed by atoms with Gasteiger partial charge in [0.05, 0.1) is 18.7 Å². The summed E-state index contributed by atoms with van der Waals surface area (Å²) in [6.45, 7) is 9.82. The quantitative estimate of drug-likeness (QED) is 0.567. The second-order valence-electron chi connectivity index (χ2n) is 9.24. The fourth-order valence-corrected chi connectivity index (χ4v) is 8.52. The Morgan fingerprint density at radius 3 is 2.50 bits per heavy atom. The van der Waals surface area contributed by atoms with Gasteiger partial charge in [-0.3, -0.25) is 9.00 Å². The van der Waals surface area contributed by atoms with Crippen LogP contribution >= 0.6 is 11.8 Å². The van der Waals surface area contributed by atoms with Crippen molar-refractivity contribution in [2.45, 2.75) is 93.7 Å². The van der Waals surface area contributed by atoms with Gasteiger partial charge in [0.15, 0.2) is 17.7 Å². The number of rotatable bonds is 5. The normalized spacial score (nSPS) is 44.1. The predicted molar refractivity (Wildman–Crippen MR) is 113 cm³/mol. The minimum absolute atomic E-state index is 0.0888. The van der Waals surface area contributed by atoms with Gasteiger partial charge in [-0.25, -0.2) is 0 Å². The van der Waals surface area contributed by atoms with Gasteiger partial charge in [-0.1, -0.05) is 0 Å². The molecule has 0 bridgehead atoms. The van der Waals surface area contributed by atoms with Gasteiger partial charge in [0.25, 0.3) is 5.91 Å². The lowest BCUT2D eigenvalue weighted by atomic mass is 9.92. The standard InChI is InChI=1S/C20H33NO7S2/c1-11-14(24-6)17(22)21(11)13(18-29-8-7-9-30(18)23)16-15(27-20(4,5)28-16)12-10-25-19(2,3)26-12/h11-16,18H,7-10H2,1-6H3/t11-,12-,13-,14+,15?,16?,18?,30?/m1/s1. The topological polar surface area (TPSA) is 83.5 Å². The number of methoxy groups -OCH3 is 1. The molecule has 4 aliphatic rings. The van der Waals surface area contributed by atoms with E-state index in [0.717, 1.165) is 12.2 Å². The molecule has 0 N–H and O–H groups in total. The monoisotopic (exact) mass is 463 g/mol. The van der Waals surface area contributed by atoms with Crippen molar-refractivity contribution in [3.8, 4) is 0 Å². The highest BCUT2D eigenvalue weighted by atomic mass is 32.2. The first-order valence-electron chi connectivity index (χ1n) is 10.6. The molecule has 0 aliphatic carbocycles. The van der Waals surface area contributed by atoms with Crippen molar-refractivity contribution in [2.75, 3.05) is 25.2 Å². The lowest BCUT2D eigenvalue weighted by Gasteiger charge is -2.52. The molecule has 4 rings (SSSR count). The van der Waals surface area contributed by atoms with Crippen LogP contribution in [0.3, 0.4) is 0 Å². The molecular weight excluding hydrogens is 430 g/mol. The van der Waals surface area contributed by atoms with Gasteiger partial charge in [0, 0.05) is 23.7 Å². The van der Waals surface area contributed by atoms with Gasteiger partial charge >= 0.3 is 0 Å². The second kappa shape index (κ2) is 8.28. The number of amides is 1. The Hall–Kier alpha value is -0.230. The van der Waals surface area contributed by atoms with E-state index in [1.165, 1.54) is 0 Å². The van der Waals surface area contributed by atoms with Crippen molar-refractivity contribution in [1.82, 2.24) is 4.90 Å². The summed E-state index contributed by atoms with van der Waals surface area (Å²) in [6.07, 6.45) is -0.816. The molecule has 4 unspecified atom stereocenters. The largest absolute Gasteiger partial charge is 0.369 e. The van der Waals surface area contributed by atoms with E-state index in [-0.39, 0.29) is 22.6 Å². The summed E-state index contributed by atoms with van der Waals surface area (Å²) in [4.78, 5) is 14.8. The van der Waals surface area contributed by atoms with Crippen LogP contribution in [0.2, 0.25) is 0 Å². The third kappa shape index (κ3) is 4.09. The Kier molecular flexibility index (Phi) is 6.33. The van der Waals surface area contributed by atoms with Crippen LogP contribution in [0.1, 0.15) is 41.0 Å². The molecular formula is C20H33NO7S2. The molecule has 4 fully saturated rings. The lowest BCUT2D eigenvalue weighted by molar-refractivity contribution is -0.184. The average molecular weight is 464 g/mol. The molecule has 4 heterocycles. The number of β-lactam (4-membered cyclic amide) rings is 1. The molecule has 0 spiro atoms. The van der Waals surface area contributed by atoms with Crippen molar-refractivity contribution < 1.29 is 32.7 Å². The fourth-order valence-electron chi connectivity index (χ4n) is 4.87. The lowest BCUT2D eigenvalue weighted by Crippen LogP contribution is -2.72. The number of likely N-dealkylation sites (tertiary alicyclic amines) is 1. The molecule has 8 atom stereocenters. The number of ether oxygens (including phenoxy) is 5. The van der Waals surface area contributed by atoms with E-state index in [0.29, 0.717) is 12.4 Å². The van der Waals surface area contributed by atoms with Crippen LogP contribution in [0, 0.1) is 0 Å². The number of nitrogens with zero attached hydrogens (tertiary/aromatic N) is 1. The third-order valence-corrected chi connectivity index (χ3v) is 9.83. The van der Waals surface area contributed by atoms with E-state index in [9.17, 15) is 9.00 Å². The van der Waals surface area contributed by atoms with Gasteiger partial charge < -0.3 is 28.6 Å². The summed E-state index contributed by atoms with van der Waals surface area (Å²) in [5.74, 6) is -0.0915. The van der Waals surface area contributed by atoms with Crippen LogP contribution in [0.5, 0.6) is 0 Å². The van der Waals surface area contributed by atoms with Gasteiger partial charge in [0.1, 0.15) is 22.9 Å². The first kappa shape index (κ1) is 22.9. The summed E-state index contributed by atoms with van der Waals surface area (Å²) < 4.78 is 42.8. The SMILES string of the molecule is CO[C@@H]1C(=O)N([C@H](C2OC(C)(C)OC2[C@H]2COC(C)(C)O2)C2SCCCS2=O)[C@@H]1C. The van der Waals surface area contributed by atoms with E-state index < -0.39 is 46.7 Å². The number of carbonyl (C=O) groups excluding carboxylic acids is 1. The molecule has 0 radical (unpaired) electrons. The number of carbonyl (C=O) groups is 1. The van der Waals surface area contributed by atoms with Gasteiger partial charge in [0.2, 0.25) is 0 Å². The second-order valence-corrected chi connectivity index (χ2v) is 12.5. The van der Waals surface area contributed by atoms with Gasteiger partial charge in [-0.15, -0.1) is 11.8 Å². The molecule has 4 saturated heterocycles. The summed E-state index contributed by atoms with van der Waals surface area (Å²) in [5, 5.41) is 0. The molecule has 30 heavy (non-hydrogen) atoms. The summed E-state index contributed by atoms with van der Waals surface area (Å²) in [6, 6.07) is -0.527. The van der Waals surface area contributed by atoms with E-state index in [4.69, 9.17) is 23.7 Å². The molecule has 8 nitrogen and oxygen atoms in total. The molecule has 0 saturated carbocycles. The zero-order valence-electron chi connectivity index (χ0n) is 18.5. The Balaban J connectivity index is 1.67. The van der Waals surface area contributed by atoms with Crippen LogP contribution in [0.4, 0.5) is 0 Å². The average Bonchev–Trinajstić information content (AvgIpc) is 3.19. The predicted octanol–water partition coefficient (Wildman–Crippen LogP) is 1.48. The molecule has 172 valence electrons.